The molecule has 1 N–H and O–H groups in total. The summed E-state index contributed by atoms with van der Waals surface area (Å²) >= 11 is 6.13. The Labute approximate surface area is 169 Å². The van der Waals surface area contributed by atoms with E-state index in [4.69, 9.17) is 11.6 Å². The van der Waals surface area contributed by atoms with Crippen molar-refractivity contribution in [2.24, 2.45) is 5.41 Å². The van der Waals surface area contributed by atoms with Crippen LogP contribution in [0.4, 0.5) is 0 Å². The summed E-state index contributed by atoms with van der Waals surface area (Å²) in [7, 11) is 0. The summed E-state index contributed by atoms with van der Waals surface area (Å²) in [6.07, 6.45) is 5.30. The van der Waals surface area contributed by atoms with Gasteiger partial charge in [0.1, 0.15) is 5.69 Å². The van der Waals surface area contributed by atoms with E-state index < -0.39 is 0 Å². The first-order chi connectivity index (χ1) is 13.4. The summed E-state index contributed by atoms with van der Waals surface area (Å²) in [5.41, 5.74) is 3.85. The number of amides is 1. The Bertz CT molecular complexity index is 997. The molecule has 1 amide bonds. The molecular formula is C22H23ClN4O. The number of hydrogen-bond acceptors (Lipinski definition) is 3. The summed E-state index contributed by atoms with van der Waals surface area (Å²) < 4.78 is 2.03. The molecule has 0 fully saturated rings. The van der Waals surface area contributed by atoms with Gasteiger partial charge in [0.25, 0.3) is 5.91 Å². The van der Waals surface area contributed by atoms with Gasteiger partial charge in [-0.3, -0.25) is 14.5 Å². The number of carbonyl (C=O) groups is 1. The number of halogens is 1. The van der Waals surface area contributed by atoms with Crippen molar-refractivity contribution in [3.63, 3.8) is 0 Å². The van der Waals surface area contributed by atoms with Gasteiger partial charge in [0.2, 0.25) is 0 Å². The zero-order valence-electron chi connectivity index (χ0n) is 16.0. The molecular weight excluding hydrogens is 372 g/mol. The molecule has 2 aromatic heterocycles. The van der Waals surface area contributed by atoms with Crippen molar-refractivity contribution in [2.45, 2.75) is 39.3 Å². The molecule has 0 aliphatic heterocycles. The van der Waals surface area contributed by atoms with Gasteiger partial charge >= 0.3 is 0 Å². The molecule has 28 heavy (non-hydrogen) atoms. The third kappa shape index (κ3) is 3.94. The molecule has 6 heteroatoms. The SMILES string of the molecule is CC1(C)Cc2c(cnn2Cc2cccc(Cl)c2)[C@H](NC(=O)c2ccccn2)C1. The number of carbonyl (C=O) groups excluding carboxylic acids is 1. The topological polar surface area (TPSA) is 59.8 Å². The normalized spacial score (nSPS) is 17.8. The number of nitrogens with one attached hydrogen (secondary N) is 1. The minimum Gasteiger partial charge on any atom is -0.344 e. The van der Waals surface area contributed by atoms with Crippen LogP contribution in [0.3, 0.4) is 0 Å². The molecule has 2 heterocycles. The first kappa shape index (κ1) is 18.7. The van der Waals surface area contributed by atoms with Crippen molar-refractivity contribution >= 4 is 17.5 Å². The van der Waals surface area contributed by atoms with Crippen LogP contribution in [-0.2, 0) is 13.0 Å². The molecule has 3 aromatic rings. The number of nitrogens with zero attached hydrogens (tertiary/aromatic N) is 3. The number of pyridine rings is 1. The number of fused-ring (bicyclic) bond motifs is 1. The Morgan fingerprint density at radius 1 is 1.29 bits per heavy atom. The molecule has 5 nitrogen and oxygen atoms in total. The average molecular weight is 395 g/mol. The highest BCUT2D eigenvalue weighted by atomic mass is 35.5. The van der Waals surface area contributed by atoms with E-state index in [1.54, 1.807) is 18.3 Å². The smallest absolute Gasteiger partial charge is 0.270 e. The maximum Gasteiger partial charge on any atom is 0.270 e. The fraction of sp³-hybridized carbons (Fsp3) is 0.318. The second kappa shape index (κ2) is 7.40. The molecule has 0 spiro atoms. The fourth-order valence-electron chi connectivity index (χ4n) is 3.90. The van der Waals surface area contributed by atoms with Crippen LogP contribution in [-0.4, -0.2) is 20.7 Å². The van der Waals surface area contributed by atoms with E-state index in [1.165, 1.54) is 5.69 Å². The number of aromatic nitrogens is 3. The van der Waals surface area contributed by atoms with Crippen LogP contribution in [0.1, 0.15) is 53.6 Å². The third-order valence-corrected chi connectivity index (χ3v) is 5.42. The fourth-order valence-corrected chi connectivity index (χ4v) is 4.11. The lowest BCUT2D eigenvalue weighted by Gasteiger charge is -2.36. The van der Waals surface area contributed by atoms with Gasteiger partial charge in [0.05, 0.1) is 18.8 Å². The number of rotatable bonds is 4. The van der Waals surface area contributed by atoms with Gasteiger partial charge in [0, 0.05) is 22.5 Å². The van der Waals surface area contributed by atoms with E-state index in [0.29, 0.717) is 12.2 Å². The third-order valence-electron chi connectivity index (χ3n) is 5.18. The molecule has 0 unspecified atom stereocenters. The van der Waals surface area contributed by atoms with Crippen LogP contribution in [0.25, 0.3) is 0 Å². The lowest BCUT2D eigenvalue weighted by Crippen LogP contribution is -2.37. The molecule has 1 aliphatic carbocycles. The number of benzene rings is 1. The van der Waals surface area contributed by atoms with Crippen LogP contribution in [0.5, 0.6) is 0 Å². The van der Waals surface area contributed by atoms with Gasteiger partial charge in [-0.2, -0.15) is 5.10 Å². The molecule has 0 saturated heterocycles. The maximum atomic E-state index is 12.7. The van der Waals surface area contributed by atoms with Crippen LogP contribution >= 0.6 is 11.6 Å². The van der Waals surface area contributed by atoms with Gasteiger partial charge in [0.15, 0.2) is 0 Å². The van der Waals surface area contributed by atoms with Crippen molar-refractivity contribution in [3.05, 3.63) is 82.4 Å². The van der Waals surface area contributed by atoms with Crippen molar-refractivity contribution in [3.8, 4) is 0 Å². The largest absolute Gasteiger partial charge is 0.344 e. The Hall–Kier alpha value is -2.66. The molecule has 144 valence electrons. The predicted octanol–water partition coefficient (Wildman–Crippen LogP) is 4.42. The summed E-state index contributed by atoms with van der Waals surface area (Å²) in [6.45, 7) is 5.12. The predicted molar refractivity (Wildman–Crippen MR) is 109 cm³/mol. The van der Waals surface area contributed by atoms with Crippen molar-refractivity contribution in [1.82, 2.24) is 20.1 Å². The first-order valence-electron chi connectivity index (χ1n) is 9.42. The molecule has 1 aromatic carbocycles. The summed E-state index contributed by atoms with van der Waals surface area (Å²) in [5.74, 6) is -0.156. The quantitative estimate of drug-likeness (QED) is 0.712. The van der Waals surface area contributed by atoms with E-state index in [0.717, 1.165) is 29.0 Å². The van der Waals surface area contributed by atoms with Crippen LogP contribution in [0.15, 0.2) is 54.9 Å². The van der Waals surface area contributed by atoms with Gasteiger partial charge in [-0.1, -0.05) is 43.6 Å². The van der Waals surface area contributed by atoms with E-state index in [-0.39, 0.29) is 17.4 Å². The molecule has 0 radical (unpaired) electrons. The van der Waals surface area contributed by atoms with E-state index in [2.05, 4.69) is 29.2 Å². The van der Waals surface area contributed by atoms with Crippen molar-refractivity contribution in [2.75, 3.05) is 0 Å². The van der Waals surface area contributed by atoms with E-state index in [1.807, 2.05) is 41.2 Å². The Balaban J connectivity index is 1.61. The lowest BCUT2D eigenvalue weighted by atomic mass is 9.74. The Morgan fingerprint density at radius 2 is 2.14 bits per heavy atom. The molecule has 1 atom stereocenters. The second-order valence-electron chi connectivity index (χ2n) is 8.12. The monoisotopic (exact) mass is 394 g/mol. The number of hydrogen-bond donors (Lipinski definition) is 1. The van der Waals surface area contributed by atoms with Gasteiger partial charge < -0.3 is 5.32 Å². The van der Waals surface area contributed by atoms with Crippen LogP contribution in [0.2, 0.25) is 5.02 Å². The van der Waals surface area contributed by atoms with Gasteiger partial charge in [-0.25, -0.2) is 0 Å². The minimum atomic E-state index is -0.156. The molecule has 4 rings (SSSR count). The Morgan fingerprint density at radius 3 is 2.89 bits per heavy atom. The molecule has 0 saturated carbocycles. The standard InChI is InChI=1S/C22H23ClN4O/c1-22(2)11-19(26-21(28)18-8-3-4-9-24-18)17-13-25-27(20(17)12-22)14-15-6-5-7-16(23)10-15/h3-10,13,19H,11-12,14H2,1-2H3,(H,26,28)/t19-/m1/s1. The van der Waals surface area contributed by atoms with Crippen LogP contribution in [0, 0.1) is 5.41 Å². The van der Waals surface area contributed by atoms with Crippen LogP contribution < -0.4 is 5.32 Å². The second-order valence-corrected chi connectivity index (χ2v) is 8.56. The lowest BCUT2D eigenvalue weighted by molar-refractivity contribution is 0.0914. The van der Waals surface area contributed by atoms with Gasteiger partial charge in [-0.05, 0) is 48.1 Å². The highest BCUT2D eigenvalue weighted by molar-refractivity contribution is 6.30. The first-order valence-corrected chi connectivity index (χ1v) is 9.80. The minimum absolute atomic E-state index is 0.0567. The molecule has 1 aliphatic rings. The summed E-state index contributed by atoms with van der Waals surface area (Å²) in [5, 5.41) is 8.50. The van der Waals surface area contributed by atoms with E-state index in [9.17, 15) is 4.79 Å². The maximum absolute atomic E-state index is 12.7. The highest BCUT2D eigenvalue weighted by Gasteiger charge is 2.36. The summed E-state index contributed by atoms with van der Waals surface area (Å²) in [4.78, 5) is 16.8. The molecule has 0 bridgehead atoms. The van der Waals surface area contributed by atoms with Crippen molar-refractivity contribution < 1.29 is 4.79 Å². The van der Waals surface area contributed by atoms with E-state index >= 15 is 0 Å². The average Bonchev–Trinajstić information content (AvgIpc) is 3.04. The van der Waals surface area contributed by atoms with Crippen molar-refractivity contribution in [1.29, 1.82) is 0 Å². The summed E-state index contributed by atoms with van der Waals surface area (Å²) in [6, 6.07) is 13.1. The zero-order chi connectivity index (χ0) is 19.7. The van der Waals surface area contributed by atoms with Gasteiger partial charge in [-0.15, -0.1) is 0 Å². The zero-order valence-corrected chi connectivity index (χ0v) is 16.8. The highest BCUT2D eigenvalue weighted by Crippen LogP contribution is 2.41. The Kier molecular flexibility index (Phi) is 4.94.